The van der Waals surface area contributed by atoms with Gasteiger partial charge in [-0.2, -0.15) is 0 Å². The molecule has 0 saturated carbocycles. The highest BCUT2D eigenvalue weighted by Crippen LogP contribution is 2.29. The molecule has 1 aromatic rings. The van der Waals surface area contributed by atoms with Gasteiger partial charge < -0.3 is 14.6 Å². The van der Waals surface area contributed by atoms with Crippen LogP contribution in [-0.4, -0.2) is 31.0 Å². The molecule has 0 saturated heterocycles. The standard InChI is InChI=1S/C13H18O3/c1-2-15-9-12(14)13-11-6-4-3-5-10(11)7-8-16-13/h3-6,12-14H,2,7-9H2,1H3. The van der Waals surface area contributed by atoms with Crippen molar-refractivity contribution in [3.8, 4) is 0 Å². The van der Waals surface area contributed by atoms with Crippen molar-refractivity contribution in [2.75, 3.05) is 19.8 Å². The van der Waals surface area contributed by atoms with Gasteiger partial charge in [-0.05, 0) is 24.5 Å². The van der Waals surface area contributed by atoms with Gasteiger partial charge in [-0.1, -0.05) is 24.3 Å². The van der Waals surface area contributed by atoms with Gasteiger partial charge >= 0.3 is 0 Å². The number of ether oxygens (including phenoxy) is 2. The highest BCUT2D eigenvalue weighted by Gasteiger charge is 2.27. The predicted molar refractivity (Wildman–Crippen MR) is 61.3 cm³/mol. The van der Waals surface area contributed by atoms with Crippen LogP contribution in [-0.2, 0) is 15.9 Å². The van der Waals surface area contributed by atoms with E-state index in [-0.39, 0.29) is 6.10 Å². The van der Waals surface area contributed by atoms with Crippen molar-refractivity contribution in [2.24, 2.45) is 0 Å². The minimum absolute atomic E-state index is 0.239. The molecule has 1 aromatic carbocycles. The summed E-state index contributed by atoms with van der Waals surface area (Å²) in [5.41, 5.74) is 2.37. The molecular weight excluding hydrogens is 204 g/mol. The maximum atomic E-state index is 10.0. The summed E-state index contributed by atoms with van der Waals surface area (Å²) in [6.07, 6.45) is 0.103. The Morgan fingerprint density at radius 2 is 2.31 bits per heavy atom. The Hall–Kier alpha value is -0.900. The predicted octanol–water partition coefficient (Wildman–Crippen LogP) is 1.70. The van der Waals surface area contributed by atoms with Crippen molar-refractivity contribution >= 4 is 0 Å². The van der Waals surface area contributed by atoms with Crippen molar-refractivity contribution in [3.63, 3.8) is 0 Å². The fraction of sp³-hybridized carbons (Fsp3) is 0.538. The summed E-state index contributed by atoms with van der Waals surface area (Å²) in [4.78, 5) is 0. The van der Waals surface area contributed by atoms with E-state index in [9.17, 15) is 5.11 Å². The van der Waals surface area contributed by atoms with Crippen LogP contribution in [0.5, 0.6) is 0 Å². The van der Waals surface area contributed by atoms with Crippen molar-refractivity contribution in [1.82, 2.24) is 0 Å². The lowest BCUT2D eigenvalue weighted by Crippen LogP contribution is -2.30. The third-order valence-electron chi connectivity index (χ3n) is 2.87. The van der Waals surface area contributed by atoms with E-state index in [4.69, 9.17) is 9.47 Å². The van der Waals surface area contributed by atoms with Crippen molar-refractivity contribution in [3.05, 3.63) is 35.4 Å². The summed E-state index contributed by atoms with van der Waals surface area (Å²) in [7, 11) is 0. The zero-order valence-electron chi connectivity index (χ0n) is 9.56. The number of benzene rings is 1. The lowest BCUT2D eigenvalue weighted by Gasteiger charge is -2.29. The molecule has 3 heteroatoms. The van der Waals surface area contributed by atoms with Crippen LogP contribution in [0.15, 0.2) is 24.3 Å². The molecule has 16 heavy (non-hydrogen) atoms. The van der Waals surface area contributed by atoms with Gasteiger partial charge in [0.25, 0.3) is 0 Å². The van der Waals surface area contributed by atoms with Gasteiger partial charge in [0.15, 0.2) is 0 Å². The van der Waals surface area contributed by atoms with Gasteiger partial charge in [-0.15, -0.1) is 0 Å². The summed E-state index contributed by atoms with van der Waals surface area (Å²) in [5, 5.41) is 10.0. The van der Waals surface area contributed by atoms with Crippen molar-refractivity contribution in [1.29, 1.82) is 0 Å². The first-order valence-electron chi connectivity index (χ1n) is 5.78. The maximum Gasteiger partial charge on any atom is 0.111 e. The molecule has 0 radical (unpaired) electrons. The summed E-state index contributed by atoms with van der Waals surface area (Å²) in [6.45, 7) is 3.54. The average Bonchev–Trinajstić information content (AvgIpc) is 2.35. The molecule has 0 fully saturated rings. The van der Waals surface area contributed by atoms with Crippen LogP contribution in [0.3, 0.4) is 0 Å². The molecule has 1 aliphatic heterocycles. The lowest BCUT2D eigenvalue weighted by molar-refractivity contribution is -0.0780. The van der Waals surface area contributed by atoms with Gasteiger partial charge in [0.2, 0.25) is 0 Å². The fourth-order valence-corrected chi connectivity index (χ4v) is 2.07. The SMILES string of the molecule is CCOCC(O)C1OCCc2ccccc21. The van der Waals surface area contributed by atoms with Crippen LogP contribution in [0.2, 0.25) is 0 Å². The number of fused-ring (bicyclic) bond motifs is 1. The average molecular weight is 222 g/mol. The molecule has 1 heterocycles. The minimum atomic E-state index is -0.582. The van der Waals surface area contributed by atoms with E-state index in [1.54, 1.807) is 0 Å². The monoisotopic (exact) mass is 222 g/mol. The molecule has 2 rings (SSSR count). The Morgan fingerprint density at radius 1 is 1.50 bits per heavy atom. The topological polar surface area (TPSA) is 38.7 Å². The minimum Gasteiger partial charge on any atom is -0.388 e. The summed E-state index contributed by atoms with van der Waals surface area (Å²) in [5.74, 6) is 0. The molecule has 3 nitrogen and oxygen atoms in total. The summed E-state index contributed by atoms with van der Waals surface area (Å²) in [6, 6.07) is 8.12. The molecule has 2 unspecified atom stereocenters. The molecule has 0 aromatic heterocycles. The van der Waals surface area contributed by atoms with Crippen LogP contribution in [0.25, 0.3) is 0 Å². The normalized spacial score (nSPS) is 21.5. The first-order valence-corrected chi connectivity index (χ1v) is 5.78. The molecule has 1 aliphatic rings. The third kappa shape index (κ3) is 2.43. The smallest absolute Gasteiger partial charge is 0.111 e. The Morgan fingerprint density at radius 3 is 3.12 bits per heavy atom. The van der Waals surface area contributed by atoms with Crippen molar-refractivity contribution in [2.45, 2.75) is 25.6 Å². The second-order valence-electron chi connectivity index (χ2n) is 3.97. The Kier molecular flexibility index (Phi) is 3.93. The second kappa shape index (κ2) is 5.43. The summed E-state index contributed by atoms with van der Waals surface area (Å²) >= 11 is 0. The first kappa shape index (κ1) is 11.6. The van der Waals surface area contributed by atoms with E-state index in [1.807, 2.05) is 25.1 Å². The molecule has 2 atom stereocenters. The van der Waals surface area contributed by atoms with E-state index in [1.165, 1.54) is 5.56 Å². The van der Waals surface area contributed by atoms with Gasteiger partial charge in [-0.3, -0.25) is 0 Å². The van der Waals surface area contributed by atoms with Crippen molar-refractivity contribution < 1.29 is 14.6 Å². The number of rotatable bonds is 4. The van der Waals surface area contributed by atoms with Gasteiger partial charge in [-0.25, -0.2) is 0 Å². The van der Waals surface area contributed by atoms with Crippen LogP contribution >= 0.6 is 0 Å². The lowest BCUT2D eigenvalue weighted by atomic mass is 9.95. The zero-order chi connectivity index (χ0) is 11.4. The Balaban J connectivity index is 2.12. The highest BCUT2D eigenvalue weighted by molar-refractivity contribution is 5.31. The first-order chi connectivity index (χ1) is 7.83. The summed E-state index contributed by atoms with van der Waals surface area (Å²) < 4.78 is 10.9. The molecular formula is C13H18O3. The maximum absolute atomic E-state index is 10.0. The van der Waals surface area contributed by atoms with Gasteiger partial charge in [0.05, 0.1) is 13.2 Å². The number of hydrogen-bond donors (Lipinski definition) is 1. The number of aliphatic hydroxyl groups is 1. The van der Waals surface area contributed by atoms with E-state index < -0.39 is 6.10 Å². The largest absolute Gasteiger partial charge is 0.388 e. The molecule has 1 N–H and O–H groups in total. The third-order valence-corrected chi connectivity index (χ3v) is 2.87. The molecule has 0 aliphatic carbocycles. The van der Waals surface area contributed by atoms with E-state index in [2.05, 4.69) is 6.07 Å². The molecule has 0 bridgehead atoms. The van der Waals surface area contributed by atoms with Crippen LogP contribution in [0.4, 0.5) is 0 Å². The molecule has 0 amide bonds. The van der Waals surface area contributed by atoms with E-state index >= 15 is 0 Å². The van der Waals surface area contributed by atoms with Crippen LogP contribution < -0.4 is 0 Å². The Bertz CT molecular complexity index is 338. The second-order valence-corrected chi connectivity index (χ2v) is 3.97. The quantitative estimate of drug-likeness (QED) is 0.842. The Labute approximate surface area is 96.0 Å². The van der Waals surface area contributed by atoms with Gasteiger partial charge in [0.1, 0.15) is 12.2 Å². The molecule has 88 valence electrons. The number of hydrogen-bond acceptors (Lipinski definition) is 3. The van der Waals surface area contributed by atoms with Gasteiger partial charge in [0, 0.05) is 6.61 Å². The zero-order valence-corrected chi connectivity index (χ0v) is 9.56. The fourth-order valence-electron chi connectivity index (χ4n) is 2.07. The van der Waals surface area contributed by atoms with E-state index in [0.29, 0.717) is 19.8 Å². The van der Waals surface area contributed by atoms with Crippen LogP contribution in [0.1, 0.15) is 24.2 Å². The number of aliphatic hydroxyl groups excluding tert-OH is 1. The molecule has 0 spiro atoms. The van der Waals surface area contributed by atoms with E-state index in [0.717, 1.165) is 12.0 Å². The van der Waals surface area contributed by atoms with Crippen LogP contribution in [0, 0.1) is 0 Å². The highest BCUT2D eigenvalue weighted by atomic mass is 16.5.